The number of carbonyl (C=O) groups is 1. The molecule has 2 aromatic carbocycles. The molecule has 2 aliphatic rings. The van der Waals surface area contributed by atoms with E-state index in [4.69, 9.17) is 9.72 Å². The Hall–Kier alpha value is -2.70. The molecule has 0 bridgehead atoms. The van der Waals surface area contributed by atoms with Crippen LogP contribution in [0.25, 0.3) is 11.0 Å². The maximum atomic E-state index is 12.6. The van der Waals surface area contributed by atoms with Crippen LogP contribution in [-0.4, -0.2) is 46.2 Å². The standard InChI is InChI=1S/C22H24N4O2/c27-22(23-17-5-2-1-3-6-17)16-8-9-20-19(13-16)24-21-15-25(10-11-26(20)21)14-18-7-4-12-28-18/h1-3,5-6,8-9,13,18H,4,7,10-12,14-15H2,(H,23,27). The Balaban J connectivity index is 1.34. The SMILES string of the molecule is O=C(Nc1ccccc1)c1ccc2c(c1)nc1n2CCN(CC2CCCO2)C1. The number of fused-ring (bicyclic) bond motifs is 3. The number of benzene rings is 2. The predicted octanol–water partition coefficient (Wildman–Crippen LogP) is 3.28. The second kappa shape index (κ2) is 7.37. The quantitative estimate of drug-likeness (QED) is 0.759. The number of nitrogens with one attached hydrogen (secondary N) is 1. The van der Waals surface area contributed by atoms with Crippen LogP contribution in [0.5, 0.6) is 0 Å². The maximum Gasteiger partial charge on any atom is 0.255 e. The first-order valence-corrected chi connectivity index (χ1v) is 9.96. The van der Waals surface area contributed by atoms with E-state index in [9.17, 15) is 4.79 Å². The highest BCUT2D eigenvalue weighted by Gasteiger charge is 2.24. The predicted molar refractivity (Wildman–Crippen MR) is 108 cm³/mol. The Morgan fingerprint density at radius 2 is 2.07 bits per heavy atom. The summed E-state index contributed by atoms with van der Waals surface area (Å²) < 4.78 is 8.06. The number of hydrogen-bond donors (Lipinski definition) is 1. The van der Waals surface area contributed by atoms with Crippen molar-refractivity contribution >= 4 is 22.6 Å². The van der Waals surface area contributed by atoms with Gasteiger partial charge in [0, 0.05) is 37.5 Å². The van der Waals surface area contributed by atoms with Gasteiger partial charge in [-0.2, -0.15) is 0 Å². The molecule has 0 aliphatic carbocycles. The third-order valence-corrected chi connectivity index (χ3v) is 5.61. The number of ether oxygens (including phenoxy) is 1. The molecule has 1 aromatic heterocycles. The molecule has 1 fully saturated rings. The molecular weight excluding hydrogens is 352 g/mol. The van der Waals surface area contributed by atoms with Crippen molar-refractivity contribution in [2.75, 3.05) is 25.0 Å². The highest BCUT2D eigenvalue weighted by atomic mass is 16.5. The summed E-state index contributed by atoms with van der Waals surface area (Å²) >= 11 is 0. The molecule has 6 heteroatoms. The van der Waals surface area contributed by atoms with Gasteiger partial charge in [-0.05, 0) is 43.2 Å². The average Bonchev–Trinajstić information content (AvgIpc) is 3.35. The van der Waals surface area contributed by atoms with Crippen molar-refractivity contribution in [2.24, 2.45) is 0 Å². The summed E-state index contributed by atoms with van der Waals surface area (Å²) in [5.41, 5.74) is 3.40. The van der Waals surface area contributed by atoms with Crippen LogP contribution in [-0.2, 0) is 17.8 Å². The molecular formula is C22H24N4O2. The normalized spacial score (nSPS) is 19.6. The Bertz CT molecular complexity index is 992. The highest BCUT2D eigenvalue weighted by molar-refractivity contribution is 6.05. The van der Waals surface area contributed by atoms with Crippen LogP contribution in [0.15, 0.2) is 48.5 Å². The van der Waals surface area contributed by atoms with Gasteiger partial charge in [-0.25, -0.2) is 4.98 Å². The first-order chi connectivity index (χ1) is 13.8. The van der Waals surface area contributed by atoms with Crippen LogP contribution in [0.4, 0.5) is 5.69 Å². The van der Waals surface area contributed by atoms with E-state index < -0.39 is 0 Å². The summed E-state index contributed by atoms with van der Waals surface area (Å²) in [6.45, 7) is 4.64. The van der Waals surface area contributed by atoms with Gasteiger partial charge in [0.25, 0.3) is 5.91 Å². The van der Waals surface area contributed by atoms with E-state index in [1.54, 1.807) is 0 Å². The molecule has 2 aliphatic heterocycles. The molecule has 0 spiro atoms. The molecule has 1 atom stereocenters. The zero-order valence-electron chi connectivity index (χ0n) is 15.8. The average molecular weight is 376 g/mol. The summed E-state index contributed by atoms with van der Waals surface area (Å²) in [7, 11) is 0. The van der Waals surface area contributed by atoms with Gasteiger partial charge in [-0.1, -0.05) is 18.2 Å². The molecule has 0 saturated carbocycles. The zero-order valence-corrected chi connectivity index (χ0v) is 15.8. The van der Waals surface area contributed by atoms with Crippen LogP contribution in [0, 0.1) is 0 Å². The molecule has 1 saturated heterocycles. The van der Waals surface area contributed by atoms with Gasteiger partial charge in [0.1, 0.15) is 5.82 Å². The van der Waals surface area contributed by atoms with Crippen LogP contribution in [0.3, 0.4) is 0 Å². The summed E-state index contributed by atoms with van der Waals surface area (Å²) in [5.74, 6) is 0.957. The number of carbonyl (C=O) groups excluding carboxylic acids is 1. The lowest BCUT2D eigenvalue weighted by Crippen LogP contribution is -2.38. The number of para-hydroxylation sites is 1. The monoisotopic (exact) mass is 376 g/mol. The summed E-state index contributed by atoms with van der Waals surface area (Å²) in [5, 5.41) is 2.94. The molecule has 1 amide bonds. The minimum absolute atomic E-state index is 0.112. The molecule has 6 nitrogen and oxygen atoms in total. The van der Waals surface area contributed by atoms with Gasteiger partial charge in [0.2, 0.25) is 0 Å². The fourth-order valence-electron chi connectivity index (χ4n) is 4.17. The van der Waals surface area contributed by atoms with E-state index in [0.717, 1.165) is 61.8 Å². The molecule has 3 heterocycles. The lowest BCUT2D eigenvalue weighted by molar-refractivity contribution is 0.0636. The van der Waals surface area contributed by atoms with Gasteiger partial charge in [0.05, 0.1) is 23.7 Å². The molecule has 0 radical (unpaired) electrons. The molecule has 144 valence electrons. The zero-order chi connectivity index (χ0) is 18.9. The second-order valence-electron chi connectivity index (χ2n) is 7.57. The van der Waals surface area contributed by atoms with Crippen LogP contribution in [0.1, 0.15) is 29.0 Å². The largest absolute Gasteiger partial charge is 0.377 e. The van der Waals surface area contributed by atoms with Crippen molar-refractivity contribution in [1.82, 2.24) is 14.5 Å². The molecule has 1 unspecified atom stereocenters. The number of rotatable bonds is 4. The lowest BCUT2D eigenvalue weighted by Gasteiger charge is -2.29. The first-order valence-electron chi connectivity index (χ1n) is 9.96. The molecule has 1 N–H and O–H groups in total. The minimum atomic E-state index is -0.112. The van der Waals surface area contributed by atoms with Crippen molar-refractivity contribution in [1.29, 1.82) is 0 Å². The van der Waals surface area contributed by atoms with Crippen LogP contribution < -0.4 is 5.32 Å². The smallest absolute Gasteiger partial charge is 0.255 e. The van der Waals surface area contributed by atoms with E-state index in [0.29, 0.717) is 11.7 Å². The first kappa shape index (κ1) is 17.4. The number of anilines is 1. The Morgan fingerprint density at radius 1 is 1.18 bits per heavy atom. The second-order valence-corrected chi connectivity index (χ2v) is 7.57. The van der Waals surface area contributed by atoms with E-state index in [-0.39, 0.29) is 5.91 Å². The number of aromatic nitrogens is 2. The van der Waals surface area contributed by atoms with Gasteiger partial charge >= 0.3 is 0 Å². The van der Waals surface area contributed by atoms with E-state index in [1.165, 1.54) is 6.42 Å². The molecule has 5 rings (SSSR count). The minimum Gasteiger partial charge on any atom is -0.377 e. The van der Waals surface area contributed by atoms with Crippen molar-refractivity contribution in [2.45, 2.75) is 32.0 Å². The Kier molecular flexibility index (Phi) is 4.58. The van der Waals surface area contributed by atoms with Gasteiger partial charge in [-0.15, -0.1) is 0 Å². The van der Waals surface area contributed by atoms with E-state index >= 15 is 0 Å². The summed E-state index contributed by atoms with van der Waals surface area (Å²) in [6.07, 6.45) is 2.70. The van der Waals surface area contributed by atoms with Gasteiger partial charge in [0.15, 0.2) is 0 Å². The topological polar surface area (TPSA) is 59.4 Å². The van der Waals surface area contributed by atoms with Crippen molar-refractivity contribution in [3.8, 4) is 0 Å². The Morgan fingerprint density at radius 3 is 2.89 bits per heavy atom. The summed E-state index contributed by atoms with van der Waals surface area (Å²) in [6, 6.07) is 15.3. The number of amides is 1. The van der Waals surface area contributed by atoms with E-state index in [1.807, 2.05) is 48.5 Å². The fourth-order valence-corrected chi connectivity index (χ4v) is 4.17. The lowest BCUT2D eigenvalue weighted by atomic mass is 10.1. The Labute approximate surface area is 164 Å². The van der Waals surface area contributed by atoms with Gasteiger partial charge in [-0.3, -0.25) is 9.69 Å². The van der Waals surface area contributed by atoms with Crippen molar-refractivity contribution in [3.63, 3.8) is 0 Å². The maximum absolute atomic E-state index is 12.6. The van der Waals surface area contributed by atoms with E-state index in [2.05, 4.69) is 14.8 Å². The number of hydrogen-bond acceptors (Lipinski definition) is 4. The van der Waals surface area contributed by atoms with Gasteiger partial charge < -0.3 is 14.6 Å². The third kappa shape index (κ3) is 3.41. The van der Waals surface area contributed by atoms with Crippen LogP contribution in [0.2, 0.25) is 0 Å². The van der Waals surface area contributed by atoms with Crippen molar-refractivity contribution < 1.29 is 9.53 Å². The molecule has 3 aromatic rings. The third-order valence-electron chi connectivity index (χ3n) is 5.61. The summed E-state index contributed by atoms with van der Waals surface area (Å²) in [4.78, 5) is 19.8. The van der Waals surface area contributed by atoms with Crippen molar-refractivity contribution in [3.05, 3.63) is 59.9 Å². The van der Waals surface area contributed by atoms with Crippen LogP contribution >= 0.6 is 0 Å². The number of nitrogens with zero attached hydrogens (tertiary/aromatic N) is 3. The fraction of sp³-hybridized carbons (Fsp3) is 0.364. The highest BCUT2D eigenvalue weighted by Crippen LogP contribution is 2.24. The number of imidazole rings is 1. The molecule has 28 heavy (non-hydrogen) atoms.